The average molecular weight is 241 g/mol. The molecule has 0 spiro atoms. The van der Waals surface area contributed by atoms with Gasteiger partial charge in [-0.05, 0) is 56.4 Å². The molecule has 94 valence electrons. The van der Waals surface area contributed by atoms with Crippen LogP contribution < -0.4 is 5.73 Å². The van der Waals surface area contributed by atoms with Crippen LogP contribution in [0, 0.1) is 13.8 Å². The number of aromatic nitrogens is 2. The first kappa shape index (κ1) is 11.5. The standard InChI is InChI=1S/C15H19N3/c1-10-6-12(9-17-8-10)18-11(2)7-13-14(16)4-3-5-15(13)18/h6-9,14H,3-5,16H2,1-2H3. The van der Waals surface area contributed by atoms with Crippen LogP contribution in [-0.2, 0) is 6.42 Å². The molecule has 2 heterocycles. The third-order valence-corrected chi connectivity index (χ3v) is 3.77. The Hall–Kier alpha value is -1.61. The minimum Gasteiger partial charge on any atom is -0.324 e. The summed E-state index contributed by atoms with van der Waals surface area (Å²) in [4.78, 5) is 4.30. The maximum absolute atomic E-state index is 6.21. The molecule has 0 bridgehead atoms. The van der Waals surface area contributed by atoms with Crippen LogP contribution in [0.1, 0.15) is 41.4 Å². The zero-order valence-electron chi connectivity index (χ0n) is 11.0. The highest BCUT2D eigenvalue weighted by molar-refractivity contribution is 5.43. The van der Waals surface area contributed by atoms with Crippen LogP contribution in [0.15, 0.2) is 24.5 Å². The second-order valence-corrected chi connectivity index (χ2v) is 5.24. The summed E-state index contributed by atoms with van der Waals surface area (Å²) in [5.41, 5.74) is 12.5. The van der Waals surface area contributed by atoms with Crippen LogP contribution in [-0.4, -0.2) is 9.55 Å². The fourth-order valence-electron chi connectivity index (χ4n) is 2.96. The summed E-state index contributed by atoms with van der Waals surface area (Å²) >= 11 is 0. The lowest BCUT2D eigenvalue weighted by Gasteiger charge is -2.21. The molecular formula is C15H19N3. The lowest BCUT2D eigenvalue weighted by molar-refractivity contribution is 0.560. The van der Waals surface area contributed by atoms with Crippen molar-refractivity contribution >= 4 is 0 Å². The Bertz CT molecular complexity index is 583. The number of nitrogens with zero attached hydrogens (tertiary/aromatic N) is 2. The van der Waals surface area contributed by atoms with Crippen molar-refractivity contribution in [2.75, 3.05) is 0 Å². The molecule has 1 atom stereocenters. The Kier molecular flexibility index (Phi) is 2.71. The van der Waals surface area contributed by atoms with Crippen molar-refractivity contribution in [2.24, 2.45) is 5.73 Å². The summed E-state index contributed by atoms with van der Waals surface area (Å²) in [6.45, 7) is 4.22. The maximum Gasteiger partial charge on any atom is 0.0641 e. The number of fused-ring (bicyclic) bond motifs is 1. The number of pyridine rings is 1. The van der Waals surface area contributed by atoms with Crippen molar-refractivity contribution in [1.82, 2.24) is 9.55 Å². The van der Waals surface area contributed by atoms with E-state index in [1.807, 2.05) is 12.4 Å². The highest BCUT2D eigenvalue weighted by Crippen LogP contribution is 2.32. The van der Waals surface area contributed by atoms with Crippen molar-refractivity contribution in [2.45, 2.75) is 39.2 Å². The van der Waals surface area contributed by atoms with E-state index in [1.54, 1.807) is 0 Å². The summed E-state index contributed by atoms with van der Waals surface area (Å²) in [6, 6.07) is 4.62. The van der Waals surface area contributed by atoms with Crippen LogP contribution in [0.4, 0.5) is 0 Å². The van der Waals surface area contributed by atoms with E-state index in [9.17, 15) is 0 Å². The van der Waals surface area contributed by atoms with Gasteiger partial charge in [0.05, 0.1) is 11.9 Å². The molecule has 18 heavy (non-hydrogen) atoms. The summed E-state index contributed by atoms with van der Waals surface area (Å²) in [5.74, 6) is 0. The number of hydrogen-bond acceptors (Lipinski definition) is 2. The molecule has 0 saturated heterocycles. The minimum atomic E-state index is 0.200. The fourth-order valence-corrected chi connectivity index (χ4v) is 2.96. The zero-order valence-corrected chi connectivity index (χ0v) is 11.0. The van der Waals surface area contributed by atoms with E-state index >= 15 is 0 Å². The van der Waals surface area contributed by atoms with Gasteiger partial charge in [0.1, 0.15) is 0 Å². The van der Waals surface area contributed by atoms with Gasteiger partial charge in [-0.2, -0.15) is 0 Å². The highest BCUT2D eigenvalue weighted by atomic mass is 15.0. The topological polar surface area (TPSA) is 43.8 Å². The van der Waals surface area contributed by atoms with Gasteiger partial charge in [-0.1, -0.05) is 0 Å². The van der Waals surface area contributed by atoms with Gasteiger partial charge in [0, 0.05) is 23.6 Å². The van der Waals surface area contributed by atoms with Gasteiger partial charge in [0.2, 0.25) is 0 Å². The number of rotatable bonds is 1. The van der Waals surface area contributed by atoms with Gasteiger partial charge in [-0.15, -0.1) is 0 Å². The van der Waals surface area contributed by atoms with Gasteiger partial charge in [-0.25, -0.2) is 0 Å². The van der Waals surface area contributed by atoms with E-state index in [0.29, 0.717) is 0 Å². The largest absolute Gasteiger partial charge is 0.324 e. The molecule has 2 N–H and O–H groups in total. The Morgan fingerprint density at radius 1 is 1.28 bits per heavy atom. The number of hydrogen-bond donors (Lipinski definition) is 1. The van der Waals surface area contributed by atoms with Crippen molar-refractivity contribution in [3.05, 3.63) is 47.0 Å². The Labute approximate surface area is 108 Å². The van der Waals surface area contributed by atoms with Gasteiger partial charge >= 0.3 is 0 Å². The Morgan fingerprint density at radius 3 is 2.89 bits per heavy atom. The Balaban J connectivity index is 2.18. The normalized spacial score (nSPS) is 18.7. The molecule has 0 aliphatic heterocycles. The summed E-state index contributed by atoms with van der Waals surface area (Å²) in [5, 5.41) is 0. The quantitative estimate of drug-likeness (QED) is 0.834. The molecule has 0 radical (unpaired) electrons. The first-order valence-corrected chi connectivity index (χ1v) is 6.55. The van der Waals surface area contributed by atoms with Gasteiger partial charge < -0.3 is 10.3 Å². The first-order chi connectivity index (χ1) is 8.66. The van der Waals surface area contributed by atoms with E-state index in [0.717, 1.165) is 18.5 Å². The molecule has 2 aromatic rings. The highest BCUT2D eigenvalue weighted by Gasteiger charge is 2.22. The van der Waals surface area contributed by atoms with Crippen molar-refractivity contribution < 1.29 is 0 Å². The predicted molar refractivity (Wildman–Crippen MR) is 72.9 cm³/mol. The van der Waals surface area contributed by atoms with E-state index < -0.39 is 0 Å². The van der Waals surface area contributed by atoms with Crippen LogP contribution in [0.5, 0.6) is 0 Å². The summed E-state index contributed by atoms with van der Waals surface area (Å²) in [6.07, 6.45) is 7.21. The second-order valence-electron chi connectivity index (χ2n) is 5.24. The molecule has 0 saturated carbocycles. The molecule has 1 unspecified atom stereocenters. The number of aryl methyl sites for hydroxylation is 2. The van der Waals surface area contributed by atoms with Gasteiger partial charge in [0.15, 0.2) is 0 Å². The van der Waals surface area contributed by atoms with Crippen molar-refractivity contribution in [1.29, 1.82) is 0 Å². The zero-order chi connectivity index (χ0) is 12.7. The summed E-state index contributed by atoms with van der Waals surface area (Å²) < 4.78 is 2.31. The molecule has 3 rings (SSSR count). The van der Waals surface area contributed by atoms with Crippen LogP contribution in [0.25, 0.3) is 5.69 Å². The van der Waals surface area contributed by atoms with E-state index in [-0.39, 0.29) is 6.04 Å². The van der Waals surface area contributed by atoms with Gasteiger partial charge in [-0.3, -0.25) is 4.98 Å². The fraction of sp³-hybridized carbons (Fsp3) is 0.400. The minimum absolute atomic E-state index is 0.200. The molecule has 1 aliphatic rings. The first-order valence-electron chi connectivity index (χ1n) is 6.55. The summed E-state index contributed by atoms with van der Waals surface area (Å²) in [7, 11) is 0. The Morgan fingerprint density at radius 2 is 2.11 bits per heavy atom. The van der Waals surface area contributed by atoms with Crippen LogP contribution in [0.3, 0.4) is 0 Å². The molecule has 3 nitrogen and oxygen atoms in total. The molecule has 0 fully saturated rings. The van der Waals surface area contributed by atoms with Gasteiger partial charge in [0.25, 0.3) is 0 Å². The monoisotopic (exact) mass is 241 g/mol. The third kappa shape index (κ3) is 1.75. The smallest absolute Gasteiger partial charge is 0.0641 e. The van der Waals surface area contributed by atoms with E-state index in [1.165, 1.54) is 28.9 Å². The van der Waals surface area contributed by atoms with Crippen molar-refractivity contribution in [3.8, 4) is 5.69 Å². The van der Waals surface area contributed by atoms with E-state index in [2.05, 4.69) is 35.5 Å². The molecule has 1 aliphatic carbocycles. The maximum atomic E-state index is 6.21. The third-order valence-electron chi connectivity index (χ3n) is 3.77. The molecule has 0 aromatic carbocycles. The van der Waals surface area contributed by atoms with E-state index in [4.69, 9.17) is 5.73 Å². The molecule has 2 aromatic heterocycles. The van der Waals surface area contributed by atoms with Crippen molar-refractivity contribution in [3.63, 3.8) is 0 Å². The SMILES string of the molecule is Cc1cncc(-n2c(C)cc3c2CCCC3N)c1. The molecule has 3 heteroatoms. The molecular weight excluding hydrogens is 222 g/mol. The lowest BCUT2D eigenvalue weighted by atomic mass is 9.93. The molecule has 0 amide bonds. The number of nitrogens with two attached hydrogens (primary N) is 1. The lowest BCUT2D eigenvalue weighted by Crippen LogP contribution is -2.18. The second kappa shape index (κ2) is 4.25. The van der Waals surface area contributed by atoms with Crippen LogP contribution >= 0.6 is 0 Å². The predicted octanol–water partition coefficient (Wildman–Crippen LogP) is 2.83. The van der Waals surface area contributed by atoms with Crippen LogP contribution in [0.2, 0.25) is 0 Å². The average Bonchev–Trinajstić information content (AvgIpc) is 2.67.